The Morgan fingerprint density at radius 2 is 1.74 bits per heavy atom. The monoisotopic (exact) mass is 311 g/mol. The second-order valence-electron chi connectivity index (χ2n) is 5.50. The van der Waals surface area contributed by atoms with E-state index in [1.54, 1.807) is 0 Å². The molecule has 0 bridgehead atoms. The Labute approximate surface area is 135 Å². The van der Waals surface area contributed by atoms with Crippen LogP contribution >= 0.6 is 0 Å². The predicted molar refractivity (Wildman–Crippen MR) is 90.8 cm³/mol. The minimum Gasteiger partial charge on any atom is -0.494 e. The number of furan rings is 1. The van der Waals surface area contributed by atoms with Gasteiger partial charge in [0.05, 0.1) is 12.6 Å². The molecule has 0 aliphatic heterocycles. The van der Waals surface area contributed by atoms with Gasteiger partial charge in [-0.05, 0) is 55.8 Å². The van der Waals surface area contributed by atoms with Crippen LogP contribution in [-0.4, -0.2) is 6.61 Å². The molecule has 23 heavy (non-hydrogen) atoms. The lowest BCUT2D eigenvalue weighted by atomic mass is 10.2. The maximum absolute atomic E-state index is 5.86. The first-order valence-electron chi connectivity index (χ1n) is 7.79. The molecule has 0 amide bonds. The van der Waals surface area contributed by atoms with Crippen molar-refractivity contribution < 1.29 is 13.9 Å². The van der Waals surface area contributed by atoms with E-state index in [-0.39, 0.29) is 6.04 Å². The SMILES string of the molecule is CCOc1ccc(COc2ccc3oc(C(C)N)cc3c2)cc1. The normalized spacial score (nSPS) is 12.3. The minimum absolute atomic E-state index is 0.115. The van der Waals surface area contributed by atoms with Crippen molar-refractivity contribution in [3.8, 4) is 11.5 Å². The van der Waals surface area contributed by atoms with Gasteiger partial charge in [0.25, 0.3) is 0 Å². The van der Waals surface area contributed by atoms with E-state index in [0.717, 1.165) is 33.8 Å². The van der Waals surface area contributed by atoms with E-state index in [1.807, 2.05) is 62.4 Å². The van der Waals surface area contributed by atoms with E-state index in [1.165, 1.54) is 0 Å². The fourth-order valence-electron chi connectivity index (χ4n) is 2.37. The molecule has 0 aliphatic carbocycles. The lowest BCUT2D eigenvalue weighted by Gasteiger charge is -2.07. The molecule has 0 saturated heterocycles. The zero-order valence-corrected chi connectivity index (χ0v) is 13.4. The van der Waals surface area contributed by atoms with Gasteiger partial charge in [0.1, 0.15) is 29.4 Å². The summed E-state index contributed by atoms with van der Waals surface area (Å²) in [6, 6.07) is 15.6. The van der Waals surface area contributed by atoms with Crippen LogP contribution in [0.15, 0.2) is 52.9 Å². The van der Waals surface area contributed by atoms with Gasteiger partial charge in [0.15, 0.2) is 0 Å². The van der Waals surface area contributed by atoms with Crippen LogP contribution in [0.4, 0.5) is 0 Å². The molecule has 1 heterocycles. The van der Waals surface area contributed by atoms with E-state index >= 15 is 0 Å². The molecule has 0 fully saturated rings. The number of nitrogens with two attached hydrogens (primary N) is 1. The molecule has 0 saturated carbocycles. The molecule has 1 unspecified atom stereocenters. The Morgan fingerprint density at radius 1 is 1.00 bits per heavy atom. The molecule has 3 rings (SSSR count). The number of benzene rings is 2. The first-order chi connectivity index (χ1) is 11.2. The summed E-state index contributed by atoms with van der Waals surface area (Å²) in [6.45, 7) is 5.06. The fourth-order valence-corrected chi connectivity index (χ4v) is 2.37. The highest BCUT2D eigenvalue weighted by molar-refractivity contribution is 5.79. The summed E-state index contributed by atoms with van der Waals surface area (Å²) < 4.78 is 17.0. The van der Waals surface area contributed by atoms with Gasteiger partial charge in [-0.2, -0.15) is 0 Å². The summed E-state index contributed by atoms with van der Waals surface area (Å²) in [5, 5.41) is 1.00. The van der Waals surface area contributed by atoms with Crippen LogP contribution in [0.3, 0.4) is 0 Å². The summed E-state index contributed by atoms with van der Waals surface area (Å²) in [6.07, 6.45) is 0. The predicted octanol–water partition coefficient (Wildman–Crippen LogP) is 4.43. The molecule has 1 aromatic heterocycles. The zero-order chi connectivity index (χ0) is 16.2. The van der Waals surface area contributed by atoms with Crippen molar-refractivity contribution in [3.63, 3.8) is 0 Å². The van der Waals surface area contributed by atoms with Crippen LogP contribution in [0.5, 0.6) is 11.5 Å². The number of fused-ring (bicyclic) bond motifs is 1. The lowest BCUT2D eigenvalue weighted by Crippen LogP contribution is -2.02. The molecule has 2 N–H and O–H groups in total. The summed E-state index contributed by atoms with van der Waals surface area (Å²) in [4.78, 5) is 0. The molecule has 120 valence electrons. The van der Waals surface area contributed by atoms with Gasteiger partial charge in [-0.15, -0.1) is 0 Å². The summed E-state index contributed by atoms with van der Waals surface area (Å²) in [7, 11) is 0. The van der Waals surface area contributed by atoms with Crippen LogP contribution in [0, 0.1) is 0 Å². The average Bonchev–Trinajstić information content (AvgIpc) is 2.98. The van der Waals surface area contributed by atoms with Crippen LogP contribution in [0.1, 0.15) is 31.2 Å². The Balaban J connectivity index is 1.68. The van der Waals surface area contributed by atoms with E-state index in [9.17, 15) is 0 Å². The van der Waals surface area contributed by atoms with Crippen molar-refractivity contribution in [3.05, 3.63) is 59.9 Å². The van der Waals surface area contributed by atoms with Crippen LogP contribution in [0.2, 0.25) is 0 Å². The van der Waals surface area contributed by atoms with Crippen molar-refractivity contribution in [1.82, 2.24) is 0 Å². The Bertz CT molecular complexity index is 775. The summed E-state index contributed by atoms with van der Waals surface area (Å²) in [5.41, 5.74) is 7.77. The number of rotatable bonds is 6. The molecule has 3 aromatic rings. The number of hydrogen-bond donors (Lipinski definition) is 1. The van der Waals surface area contributed by atoms with Gasteiger partial charge in [-0.25, -0.2) is 0 Å². The van der Waals surface area contributed by atoms with Crippen molar-refractivity contribution >= 4 is 11.0 Å². The topological polar surface area (TPSA) is 57.6 Å². The quantitative estimate of drug-likeness (QED) is 0.731. The van der Waals surface area contributed by atoms with E-state index in [0.29, 0.717) is 13.2 Å². The van der Waals surface area contributed by atoms with Crippen LogP contribution in [0.25, 0.3) is 11.0 Å². The first-order valence-corrected chi connectivity index (χ1v) is 7.79. The Morgan fingerprint density at radius 3 is 2.43 bits per heavy atom. The average molecular weight is 311 g/mol. The second kappa shape index (κ2) is 6.75. The van der Waals surface area contributed by atoms with Crippen molar-refractivity contribution in [2.45, 2.75) is 26.5 Å². The number of hydrogen-bond acceptors (Lipinski definition) is 4. The maximum atomic E-state index is 5.86. The van der Waals surface area contributed by atoms with Gasteiger partial charge < -0.3 is 19.6 Å². The Kier molecular flexibility index (Phi) is 4.53. The third-order valence-electron chi connectivity index (χ3n) is 3.60. The van der Waals surface area contributed by atoms with E-state index in [2.05, 4.69) is 0 Å². The smallest absolute Gasteiger partial charge is 0.134 e. The fraction of sp³-hybridized carbons (Fsp3) is 0.263. The van der Waals surface area contributed by atoms with Gasteiger partial charge >= 0.3 is 0 Å². The van der Waals surface area contributed by atoms with Gasteiger partial charge in [-0.3, -0.25) is 0 Å². The third-order valence-corrected chi connectivity index (χ3v) is 3.60. The second-order valence-corrected chi connectivity index (χ2v) is 5.50. The first kappa shape index (κ1) is 15.4. The van der Waals surface area contributed by atoms with Crippen molar-refractivity contribution in [2.75, 3.05) is 6.61 Å². The molecule has 1 atom stereocenters. The zero-order valence-electron chi connectivity index (χ0n) is 13.4. The van der Waals surface area contributed by atoms with Gasteiger partial charge in [0, 0.05) is 5.39 Å². The third kappa shape index (κ3) is 3.66. The molecule has 4 heteroatoms. The van der Waals surface area contributed by atoms with Crippen LogP contribution in [-0.2, 0) is 6.61 Å². The van der Waals surface area contributed by atoms with E-state index < -0.39 is 0 Å². The molecule has 0 radical (unpaired) electrons. The molecule has 0 spiro atoms. The standard InChI is InChI=1S/C19H21NO3/c1-3-21-16-6-4-14(5-7-16)12-22-17-8-9-18-15(10-17)11-19(23-18)13(2)20/h4-11,13H,3,12,20H2,1-2H3. The van der Waals surface area contributed by atoms with Crippen LogP contribution < -0.4 is 15.2 Å². The molecular weight excluding hydrogens is 290 g/mol. The van der Waals surface area contributed by atoms with Gasteiger partial charge in [0.2, 0.25) is 0 Å². The Hall–Kier alpha value is -2.46. The van der Waals surface area contributed by atoms with Crippen molar-refractivity contribution in [1.29, 1.82) is 0 Å². The highest BCUT2D eigenvalue weighted by Crippen LogP contribution is 2.27. The summed E-state index contributed by atoms with van der Waals surface area (Å²) >= 11 is 0. The molecular formula is C19H21NO3. The summed E-state index contributed by atoms with van der Waals surface area (Å²) in [5.74, 6) is 2.46. The largest absolute Gasteiger partial charge is 0.494 e. The highest BCUT2D eigenvalue weighted by atomic mass is 16.5. The van der Waals surface area contributed by atoms with E-state index in [4.69, 9.17) is 19.6 Å². The number of ether oxygens (including phenoxy) is 2. The molecule has 2 aromatic carbocycles. The highest BCUT2D eigenvalue weighted by Gasteiger charge is 2.08. The molecule has 4 nitrogen and oxygen atoms in total. The van der Waals surface area contributed by atoms with Gasteiger partial charge in [-0.1, -0.05) is 12.1 Å². The molecule has 0 aliphatic rings. The van der Waals surface area contributed by atoms with Crippen molar-refractivity contribution in [2.24, 2.45) is 5.73 Å². The minimum atomic E-state index is -0.115. The maximum Gasteiger partial charge on any atom is 0.134 e. The lowest BCUT2D eigenvalue weighted by molar-refractivity contribution is 0.305.